The van der Waals surface area contributed by atoms with Crippen molar-refractivity contribution in [2.75, 3.05) is 39.0 Å². The summed E-state index contributed by atoms with van der Waals surface area (Å²) < 4.78 is 0. The van der Waals surface area contributed by atoms with Gasteiger partial charge in [-0.2, -0.15) is 0 Å². The minimum atomic E-state index is 0.0442. The Morgan fingerprint density at radius 2 is 2.00 bits per heavy atom. The van der Waals surface area contributed by atoms with Crippen molar-refractivity contribution in [3.05, 3.63) is 30.6 Å². The summed E-state index contributed by atoms with van der Waals surface area (Å²) in [7, 11) is 3.96. The van der Waals surface area contributed by atoms with Crippen LogP contribution in [0.1, 0.15) is 6.42 Å². The van der Waals surface area contributed by atoms with Gasteiger partial charge in [-0.25, -0.2) is 9.97 Å². The second-order valence-electron chi connectivity index (χ2n) is 5.07. The molecule has 0 aliphatic heterocycles. The monoisotopic (exact) mass is 287 g/mol. The van der Waals surface area contributed by atoms with Crippen molar-refractivity contribution in [1.29, 1.82) is 0 Å². The topological polar surface area (TPSA) is 70.2 Å². The highest BCUT2D eigenvalue weighted by Gasteiger charge is 2.04. The molecule has 0 radical (unpaired) electrons. The summed E-state index contributed by atoms with van der Waals surface area (Å²) in [5.41, 5.74) is 0.894. The van der Waals surface area contributed by atoms with Gasteiger partial charge in [0.25, 0.3) is 0 Å². The van der Waals surface area contributed by atoms with Gasteiger partial charge in [0, 0.05) is 31.4 Å². The predicted molar refractivity (Wildman–Crippen MR) is 84.2 cm³/mol. The number of para-hydroxylation sites is 1. The molecule has 1 heterocycles. The van der Waals surface area contributed by atoms with Gasteiger partial charge in [0.2, 0.25) is 5.91 Å². The van der Waals surface area contributed by atoms with E-state index in [0.29, 0.717) is 19.5 Å². The number of carbonyl (C=O) groups excluding carboxylic acids is 1. The number of nitrogens with one attached hydrogen (secondary N) is 2. The van der Waals surface area contributed by atoms with Crippen LogP contribution in [0.25, 0.3) is 10.9 Å². The molecule has 0 saturated heterocycles. The zero-order valence-corrected chi connectivity index (χ0v) is 12.5. The Balaban J connectivity index is 1.81. The lowest BCUT2D eigenvalue weighted by Crippen LogP contribution is -2.32. The van der Waals surface area contributed by atoms with Gasteiger partial charge in [0.1, 0.15) is 12.1 Å². The van der Waals surface area contributed by atoms with Crippen molar-refractivity contribution in [2.24, 2.45) is 0 Å². The molecule has 2 rings (SSSR count). The van der Waals surface area contributed by atoms with Crippen molar-refractivity contribution >= 4 is 22.6 Å². The first-order valence-electron chi connectivity index (χ1n) is 7.02. The van der Waals surface area contributed by atoms with Gasteiger partial charge in [-0.1, -0.05) is 12.1 Å². The van der Waals surface area contributed by atoms with Crippen LogP contribution < -0.4 is 10.6 Å². The molecular weight excluding hydrogens is 266 g/mol. The highest BCUT2D eigenvalue weighted by Crippen LogP contribution is 2.17. The lowest BCUT2D eigenvalue weighted by atomic mass is 10.2. The molecule has 0 spiro atoms. The summed E-state index contributed by atoms with van der Waals surface area (Å²) in [5.74, 6) is 0.810. The summed E-state index contributed by atoms with van der Waals surface area (Å²) in [6, 6.07) is 7.80. The van der Waals surface area contributed by atoms with Crippen LogP contribution >= 0.6 is 0 Å². The third kappa shape index (κ3) is 4.68. The van der Waals surface area contributed by atoms with Gasteiger partial charge in [-0.05, 0) is 26.2 Å². The first-order valence-corrected chi connectivity index (χ1v) is 7.02. The predicted octanol–water partition coefficient (Wildman–Crippen LogP) is 1.11. The van der Waals surface area contributed by atoms with E-state index in [4.69, 9.17) is 0 Å². The summed E-state index contributed by atoms with van der Waals surface area (Å²) >= 11 is 0. The SMILES string of the molecule is CN(C)CCNC(=O)CCNc1ncnc2ccccc12. The molecule has 0 fully saturated rings. The zero-order chi connectivity index (χ0) is 15.1. The normalized spacial score (nSPS) is 10.8. The smallest absolute Gasteiger partial charge is 0.221 e. The van der Waals surface area contributed by atoms with E-state index in [2.05, 4.69) is 20.6 Å². The number of anilines is 1. The van der Waals surface area contributed by atoms with Gasteiger partial charge in [-0.15, -0.1) is 0 Å². The number of hydrogen-bond acceptors (Lipinski definition) is 5. The number of likely N-dealkylation sites (N-methyl/N-ethyl adjacent to an activating group) is 1. The molecule has 2 aromatic rings. The average molecular weight is 287 g/mol. The third-order valence-electron chi connectivity index (χ3n) is 3.07. The highest BCUT2D eigenvalue weighted by molar-refractivity contribution is 5.88. The second-order valence-corrected chi connectivity index (χ2v) is 5.07. The number of hydrogen-bond donors (Lipinski definition) is 2. The van der Waals surface area contributed by atoms with Crippen molar-refractivity contribution < 1.29 is 4.79 Å². The van der Waals surface area contributed by atoms with Crippen LogP contribution in [-0.2, 0) is 4.79 Å². The first-order chi connectivity index (χ1) is 10.2. The molecule has 6 nitrogen and oxygen atoms in total. The van der Waals surface area contributed by atoms with E-state index in [1.165, 1.54) is 6.33 Å². The van der Waals surface area contributed by atoms with Crippen molar-refractivity contribution in [3.8, 4) is 0 Å². The maximum Gasteiger partial charge on any atom is 0.221 e. The lowest BCUT2D eigenvalue weighted by Gasteiger charge is -2.11. The van der Waals surface area contributed by atoms with Gasteiger partial charge in [0.15, 0.2) is 0 Å². The van der Waals surface area contributed by atoms with Crippen molar-refractivity contribution in [1.82, 2.24) is 20.2 Å². The minimum Gasteiger partial charge on any atom is -0.369 e. The summed E-state index contributed by atoms with van der Waals surface area (Å²) in [6.07, 6.45) is 1.95. The highest BCUT2D eigenvalue weighted by atomic mass is 16.1. The molecule has 0 saturated carbocycles. The summed E-state index contributed by atoms with van der Waals surface area (Å²) in [4.78, 5) is 22.1. The number of amides is 1. The fraction of sp³-hybridized carbons (Fsp3) is 0.400. The van der Waals surface area contributed by atoms with Crippen LogP contribution in [0.15, 0.2) is 30.6 Å². The van der Waals surface area contributed by atoms with Gasteiger partial charge >= 0.3 is 0 Å². The zero-order valence-electron chi connectivity index (χ0n) is 12.5. The largest absolute Gasteiger partial charge is 0.369 e. The van der Waals surface area contributed by atoms with Gasteiger partial charge in [-0.3, -0.25) is 4.79 Å². The van der Waals surface area contributed by atoms with Gasteiger partial charge in [0.05, 0.1) is 5.52 Å². The molecule has 0 unspecified atom stereocenters. The summed E-state index contributed by atoms with van der Waals surface area (Å²) in [6.45, 7) is 2.06. The van der Waals surface area contributed by atoms with E-state index in [1.54, 1.807) is 0 Å². The summed E-state index contributed by atoms with van der Waals surface area (Å²) in [5, 5.41) is 7.05. The Bertz CT molecular complexity index is 594. The maximum absolute atomic E-state index is 11.7. The minimum absolute atomic E-state index is 0.0442. The molecule has 21 heavy (non-hydrogen) atoms. The number of carbonyl (C=O) groups is 1. The van der Waals surface area contributed by atoms with E-state index < -0.39 is 0 Å². The Labute approximate surface area is 124 Å². The number of benzene rings is 1. The van der Waals surface area contributed by atoms with Crippen molar-refractivity contribution in [3.63, 3.8) is 0 Å². The Morgan fingerprint density at radius 1 is 1.19 bits per heavy atom. The van der Waals surface area contributed by atoms with E-state index in [0.717, 1.165) is 23.3 Å². The van der Waals surface area contributed by atoms with E-state index in [-0.39, 0.29) is 5.91 Å². The average Bonchev–Trinajstić information content (AvgIpc) is 2.47. The van der Waals surface area contributed by atoms with E-state index in [9.17, 15) is 4.79 Å². The molecule has 6 heteroatoms. The number of aromatic nitrogens is 2. The molecular formula is C15H21N5O. The molecule has 2 N–H and O–H groups in total. The number of fused-ring (bicyclic) bond motifs is 1. The lowest BCUT2D eigenvalue weighted by molar-refractivity contribution is -0.120. The molecule has 0 aliphatic carbocycles. The van der Waals surface area contributed by atoms with Crippen LogP contribution in [0.5, 0.6) is 0 Å². The Hall–Kier alpha value is -2.21. The van der Waals surface area contributed by atoms with E-state index >= 15 is 0 Å². The second kappa shape index (κ2) is 7.54. The fourth-order valence-corrected chi connectivity index (χ4v) is 1.95. The van der Waals surface area contributed by atoms with Crippen molar-refractivity contribution in [2.45, 2.75) is 6.42 Å². The fourth-order valence-electron chi connectivity index (χ4n) is 1.95. The molecule has 0 aliphatic rings. The Morgan fingerprint density at radius 3 is 2.81 bits per heavy atom. The van der Waals surface area contributed by atoms with Crippen LogP contribution in [0, 0.1) is 0 Å². The Kier molecular flexibility index (Phi) is 5.45. The third-order valence-corrected chi connectivity index (χ3v) is 3.07. The number of rotatable bonds is 7. The molecule has 1 amide bonds. The van der Waals surface area contributed by atoms with Gasteiger partial charge < -0.3 is 15.5 Å². The molecule has 1 aromatic heterocycles. The van der Waals surface area contributed by atoms with Crippen LogP contribution in [-0.4, -0.2) is 54.5 Å². The van der Waals surface area contributed by atoms with Crippen LogP contribution in [0.4, 0.5) is 5.82 Å². The molecule has 0 atom stereocenters. The quantitative estimate of drug-likeness (QED) is 0.798. The first kappa shape index (κ1) is 15.2. The molecule has 112 valence electrons. The standard InChI is InChI=1S/C15H21N5O/c1-20(2)10-9-16-14(21)7-8-17-15-12-5-3-4-6-13(12)18-11-19-15/h3-6,11H,7-10H2,1-2H3,(H,16,21)(H,17,18,19). The molecule has 1 aromatic carbocycles. The maximum atomic E-state index is 11.7. The molecule has 0 bridgehead atoms. The number of nitrogens with zero attached hydrogens (tertiary/aromatic N) is 3. The van der Waals surface area contributed by atoms with Crippen LogP contribution in [0.3, 0.4) is 0 Å². The van der Waals surface area contributed by atoms with Crippen LogP contribution in [0.2, 0.25) is 0 Å². The van der Waals surface area contributed by atoms with E-state index in [1.807, 2.05) is 43.3 Å².